The average molecular weight is 420 g/mol. The number of allylic oxidation sites excluding steroid dienone is 1. The maximum atomic E-state index is 12.6. The van der Waals surface area contributed by atoms with Gasteiger partial charge in [-0.3, -0.25) is 14.4 Å². The summed E-state index contributed by atoms with van der Waals surface area (Å²) >= 11 is 0. The van der Waals surface area contributed by atoms with Gasteiger partial charge in [0.15, 0.2) is 12.2 Å². The van der Waals surface area contributed by atoms with Crippen LogP contribution in [0.2, 0.25) is 0 Å². The van der Waals surface area contributed by atoms with E-state index in [1.807, 2.05) is 6.92 Å². The van der Waals surface area contributed by atoms with Crippen LogP contribution in [-0.4, -0.2) is 54.2 Å². The van der Waals surface area contributed by atoms with E-state index < -0.39 is 48.1 Å². The fourth-order valence-electron chi connectivity index (χ4n) is 3.48. The van der Waals surface area contributed by atoms with Gasteiger partial charge in [0.2, 0.25) is 0 Å². The molecule has 0 unspecified atom stereocenters. The second-order valence-electron chi connectivity index (χ2n) is 7.51. The van der Waals surface area contributed by atoms with Gasteiger partial charge in [0.05, 0.1) is 18.4 Å². The molecule has 8 heteroatoms. The third-order valence-electron chi connectivity index (χ3n) is 5.39. The molecule has 1 aliphatic heterocycles. The summed E-state index contributed by atoms with van der Waals surface area (Å²) in [7, 11) is 0. The number of carbonyl (C=O) groups is 4. The summed E-state index contributed by atoms with van der Waals surface area (Å²) in [5.41, 5.74) is 0.752. The van der Waals surface area contributed by atoms with Crippen LogP contribution in [0.25, 0.3) is 0 Å². The molecule has 0 aromatic carbocycles. The number of carbonyl (C=O) groups excluding carboxylic acids is 4. The Morgan fingerprint density at radius 3 is 2.67 bits per heavy atom. The molecule has 2 aliphatic rings. The molecule has 0 spiro atoms. The van der Waals surface area contributed by atoms with Gasteiger partial charge in [0, 0.05) is 18.1 Å². The average Bonchev–Trinajstić information content (AvgIpc) is 2.99. The topological polar surface area (TPSA) is 116 Å². The standard InChI is InChI=1S/C22H28O8/c1-5-12(2)21(26)30-20-18-13(3)22(27)29-17(18)9-15(10-23)7-6-8-16(11-24)19(20)28-14(4)25/h8-9,11-12,17-20,23H,3,5-7,10H2,1-2,4H3/b15-9-,16-8-/t12-,17-,18+,19+,20+/m1/s1. The molecule has 2 rings (SSSR count). The van der Waals surface area contributed by atoms with Gasteiger partial charge in [0.1, 0.15) is 12.4 Å². The lowest BCUT2D eigenvalue weighted by Crippen LogP contribution is -2.45. The highest BCUT2D eigenvalue weighted by atomic mass is 16.6. The molecule has 0 amide bonds. The Hall–Kier alpha value is -2.74. The predicted octanol–water partition coefficient (Wildman–Crippen LogP) is 1.81. The SMILES string of the molecule is C=C1C(=O)O[C@@H]2/C=C(\CO)CC/C=C(/C=O)[C@H](OC(C)=O)[C@@H](OC(=O)[C@H](C)CC)[C@@H]12. The number of fused-ring (bicyclic) bond motifs is 1. The Bertz CT molecular complexity index is 778. The van der Waals surface area contributed by atoms with E-state index >= 15 is 0 Å². The van der Waals surface area contributed by atoms with Crippen molar-refractivity contribution >= 4 is 24.2 Å². The summed E-state index contributed by atoms with van der Waals surface area (Å²) in [6.45, 7) is 8.20. The number of esters is 3. The molecule has 1 aliphatic carbocycles. The number of hydrogen-bond donors (Lipinski definition) is 1. The number of aldehydes is 1. The normalized spacial score (nSPS) is 31.2. The minimum absolute atomic E-state index is 0.0402. The molecule has 0 radical (unpaired) electrons. The molecule has 8 nitrogen and oxygen atoms in total. The maximum absolute atomic E-state index is 12.6. The third kappa shape index (κ3) is 5.24. The fraction of sp³-hybridized carbons (Fsp3) is 0.545. The molecular weight excluding hydrogens is 392 g/mol. The van der Waals surface area contributed by atoms with Crippen molar-refractivity contribution in [2.75, 3.05) is 6.61 Å². The summed E-state index contributed by atoms with van der Waals surface area (Å²) in [6.07, 6.45) is 1.70. The summed E-state index contributed by atoms with van der Waals surface area (Å²) in [5, 5.41) is 9.66. The summed E-state index contributed by atoms with van der Waals surface area (Å²) < 4.78 is 16.5. The number of aliphatic hydroxyl groups excluding tert-OH is 1. The number of hydrogen-bond acceptors (Lipinski definition) is 8. The zero-order chi connectivity index (χ0) is 22.4. The van der Waals surface area contributed by atoms with Crippen LogP contribution in [0.1, 0.15) is 40.0 Å². The van der Waals surface area contributed by atoms with Gasteiger partial charge in [0.25, 0.3) is 0 Å². The first-order valence-electron chi connectivity index (χ1n) is 9.96. The summed E-state index contributed by atoms with van der Waals surface area (Å²) in [6, 6.07) is 0. The minimum atomic E-state index is -1.23. The summed E-state index contributed by atoms with van der Waals surface area (Å²) in [5.74, 6) is -3.25. The molecule has 1 saturated heterocycles. The highest BCUT2D eigenvalue weighted by molar-refractivity contribution is 5.91. The molecule has 1 N–H and O–H groups in total. The Morgan fingerprint density at radius 1 is 1.40 bits per heavy atom. The molecule has 30 heavy (non-hydrogen) atoms. The largest absolute Gasteiger partial charge is 0.457 e. The molecular formula is C22H28O8. The molecule has 5 atom stereocenters. The quantitative estimate of drug-likeness (QED) is 0.227. The van der Waals surface area contributed by atoms with Crippen molar-refractivity contribution < 1.29 is 38.5 Å². The number of aliphatic hydroxyl groups is 1. The van der Waals surface area contributed by atoms with Crippen molar-refractivity contribution in [1.29, 1.82) is 0 Å². The van der Waals surface area contributed by atoms with Crippen LogP contribution in [0.15, 0.2) is 35.5 Å². The van der Waals surface area contributed by atoms with Crippen LogP contribution in [0.3, 0.4) is 0 Å². The Morgan fingerprint density at radius 2 is 2.10 bits per heavy atom. The highest BCUT2D eigenvalue weighted by Crippen LogP contribution is 2.37. The van der Waals surface area contributed by atoms with Gasteiger partial charge in [-0.1, -0.05) is 26.5 Å². The second kappa shape index (κ2) is 10.3. The number of rotatable bonds is 6. The molecule has 0 bridgehead atoms. The highest BCUT2D eigenvalue weighted by Gasteiger charge is 2.49. The van der Waals surface area contributed by atoms with Crippen molar-refractivity contribution in [3.05, 3.63) is 35.5 Å². The molecule has 164 valence electrons. The van der Waals surface area contributed by atoms with Crippen molar-refractivity contribution in [2.24, 2.45) is 11.8 Å². The zero-order valence-electron chi connectivity index (χ0n) is 17.5. The Labute approximate surface area is 175 Å². The smallest absolute Gasteiger partial charge is 0.334 e. The molecule has 0 saturated carbocycles. The molecule has 1 fully saturated rings. The van der Waals surface area contributed by atoms with Gasteiger partial charge in [-0.25, -0.2) is 4.79 Å². The summed E-state index contributed by atoms with van der Waals surface area (Å²) in [4.78, 5) is 48.6. The van der Waals surface area contributed by atoms with Gasteiger partial charge in [-0.05, 0) is 30.9 Å². The van der Waals surface area contributed by atoms with Crippen molar-refractivity contribution in [3.8, 4) is 0 Å². The van der Waals surface area contributed by atoms with Crippen LogP contribution in [0, 0.1) is 11.8 Å². The lowest BCUT2D eigenvalue weighted by atomic mass is 9.83. The lowest BCUT2D eigenvalue weighted by Gasteiger charge is -2.33. The van der Waals surface area contributed by atoms with Crippen LogP contribution >= 0.6 is 0 Å². The second-order valence-corrected chi connectivity index (χ2v) is 7.51. The van der Waals surface area contributed by atoms with E-state index in [1.54, 1.807) is 19.1 Å². The van der Waals surface area contributed by atoms with Crippen molar-refractivity contribution in [1.82, 2.24) is 0 Å². The molecule has 0 aromatic rings. The van der Waals surface area contributed by atoms with E-state index in [9.17, 15) is 24.3 Å². The van der Waals surface area contributed by atoms with E-state index in [-0.39, 0.29) is 17.8 Å². The monoisotopic (exact) mass is 420 g/mol. The van der Waals surface area contributed by atoms with Gasteiger partial charge < -0.3 is 19.3 Å². The van der Waals surface area contributed by atoms with E-state index in [2.05, 4.69) is 6.58 Å². The van der Waals surface area contributed by atoms with E-state index in [4.69, 9.17) is 14.2 Å². The van der Waals surface area contributed by atoms with Gasteiger partial charge >= 0.3 is 17.9 Å². The number of ether oxygens (including phenoxy) is 3. The lowest BCUT2D eigenvalue weighted by molar-refractivity contribution is -0.171. The first-order valence-corrected chi connectivity index (χ1v) is 9.96. The van der Waals surface area contributed by atoms with E-state index in [0.717, 1.165) is 0 Å². The van der Waals surface area contributed by atoms with Gasteiger partial charge in [-0.2, -0.15) is 0 Å². The Balaban J connectivity index is 2.63. The predicted molar refractivity (Wildman–Crippen MR) is 106 cm³/mol. The zero-order valence-corrected chi connectivity index (χ0v) is 17.5. The van der Waals surface area contributed by atoms with Crippen LogP contribution in [0.4, 0.5) is 0 Å². The first-order chi connectivity index (χ1) is 14.2. The van der Waals surface area contributed by atoms with E-state index in [1.165, 1.54) is 6.92 Å². The van der Waals surface area contributed by atoms with Crippen LogP contribution in [0.5, 0.6) is 0 Å². The fourth-order valence-corrected chi connectivity index (χ4v) is 3.48. The molecule has 0 aromatic heterocycles. The van der Waals surface area contributed by atoms with Crippen molar-refractivity contribution in [3.63, 3.8) is 0 Å². The van der Waals surface area contributed by atoms with Crippen LogP contribution < -0.4 is 0 Å². The van der Waals surface area contributed by atoms with Crippen molar-refractivity contribution in [2.45, 2.75) is 58.3 Å². The maximum Gasteiger partial charge on any atom is 0.334 e. The third-order valence-corrected chi connectivity index (χ3v) is 5.39. The van der Waals surface area contributed by atoms with E-state index in [0.29, 0.717) is 31.1 Å². The first kappa shape index (κ1) is 23.5. The van der Waals surface area contributed by atoms with Gasteiger partial charge in [-0.15, -0.1) is 0 Å². The Kier molecular flexibility index (Phi) is 8.11. The van der Waals surface area contributed by atoms with Crippen LogP contribution in [-0.2, 0) is 33.4 Å². The minimum Gasteiger partial charge on any atom is -0.457 e. The molecule has 1 heterocycles.